The van der Waals surface area contributed by atoms with E-state index in [-0.39, 0.29) is 5.91 Å². The van der Waals surface area contributed by atoms with E-state index < -0.39 is 0 Å². The van der Waals surface area contributed by atoms with Gasteiger partial charge in [0, 0.05) is 18.8 Å². The summed E-state index contributed by atoms with van der Waals surface area (Å²) in [6, 6.07) is 1.96. The number of pyridine rings is 1. The Morgan fingerprint density at radius 3 is 2.89 bits per heavy atom. The smallest absolute Gasteiger partial charge is 0.255 e. The molecule has 19 heavy (non-hydrogen) atoms. The van der Waals surface area contributed by atoms with Gasteiger partial charge in [-0.05, 0) is 31.2 Å². The van der Waals surface area contributed by atoms with E-state index in [0.29, 0.717) is 27.7 Å². The van der Waals surface area contributed by atoms with E-state index in [1.54, 1.807) is 6.07 Å². The number of nitrogens with zero attached hydrogens (tertiary/aromatic N) is 2. The van der Waals surface area contributed by atoms with E-state index in [0.717, 1.165) is 19.4 Å². The molecule has 1 saturated heterocycles. The third kappa shape index (κ3) is 2.46. The Morgan fingerprint density at radius 2 is 2.05 bits per heavy atom. The van der Waals surface area contributed by atoms with Gasteiger partial charge < -0.3 is 4.90 Å². The Morgan fingerprint density at radius 1 is 1.26 bits per heavy atom. The Kier molecular flexibility index (Phi) is 3.68. The van der Waals surface area contributed by atoms with Gasteiger partial charge >= 0.3 is 0 Å². The van der Waals surface area contributed by atoms with Gasteiger partial charge in [-0.25, -0.2) is 4.98 Å². The van der Waals surface area contributed by atoms with Crippen LogP contribution in [-0.2, 0) is 0 Å². The first kappa shape index (κ1) is 13.2. The predicted molar refractivity (Wildman–Crippen MR) is 75.7 cm³/mol. The number of halogens is 2. The summed E-state index contributed by atoms with van der Waals surface area (Å²) in [4.78, 5) is 18.5. The Balaban J connectivity index is 1.85. The fourth-order valence-corrected chi connectivity index (χ4v) is 3.73. The zero-order valence-corrected chi connectivity index (χ0v) is 12.1. The molecule has 1 aromatic rings. The maximum Gasteiger partial charge on any atom is 0.255 e. The molecular formula is C14H16Cl2N2O. The van der Waals surface area contributed by atoms with E-state index in [1.165, 1.54) is 25.5 Å². The van der Waals surface area contributed by atoms with Gasteiger partial charge in [0.15, 0.2) is 0 Å². The molecular weight excluding hydrogens is 283 g/mol. The van der Waals surface area contributed by atoms with Crippen molar-refractivity contribution in [2.24, 2.45) is 5.92 Å². The van der Waals surface area contributed by atoms with Gasteiger partial charge in [-0.2, -0.15) is 0 Å². The van der Waals surface area contributed by atoms with Crippen LogP contribution in [0, 0.1) is 5.92 Å². The predicted octanol–water partition coefficient (Wildman–Crippen LogP) is 3.79. The topological polar surface area (TPSA) is 33.2 Å². The summed E-state index contributed by atoms with van der Waals surface area (Å²) < 4.78 is 0. The maximum atomic E-state index is 12.6. The number of rotatable bonds is 1. The molecule has 1 aromatic heterocycles. The summed E-state index contributed by atoms with van der Waals surface area (Å²) in [7, 11) is 0. The lowest BCUT2D eigenvalue weighted by atomic mass is 9.85. The van der Waals surface area contributed by atoms with Crippen LogP contribution in [0.1, 0.15) is 42.5 Å². The molecule has 2 heterocycles. The largest absolute Gasteiger partial charge is 0.335 e. The number of hydrogen-bond acceptors (Lipinski definition) is 2. The molecule has 102 valence electrons. The van der Waals surface area contributed by atoms with Crippen LogP contribution in [0.4, 0.5) is 0 Å². The van der Waals surface area contributed by atoms with Crippen LogP contribution >= 0.6 is 23.2 Å². The summed E-state index contributed by atoms with van der Waals surface area (Å²) in [5.41, 5.74) is 0.480. The van der Waals surface area contributed by atoms with Crippen LogP contribution < -0.4 is 0 Å². The second-order valence-corrected chi connectivity index (χ2v) is 6.18. The molecule has 0 N–H and O–H groups in total. The summed E-state index contributed by atoms with van der Waals surface area (Å²) in [5, 5.41) is 0.695. The lowest BCUT2D eigenvalue weighted by Crippen LogP contribution is -2.39. The second-order valence-electron chi connectivity index (χ2n) is 5.39. The molecule has 5 heteroatoms. The van der Waals surface area contributed by atoms with E-state index in [4.69, 9.17) is 23.2 Å². The first-order valence-corrected chi connectivity index (χ1v) is 7.54. The molecule has 2 unspecified atom stereocenters. The average molecular weight is 299 g/mol. The molecule has 2 fully saturated rings. The van der Waals surface area contributed by atoms with Crippen LogP contribution in [0.5, 0.6) is 0 Å². The van der Waals surface area contributed by atoms with Gasteiger partial charge in [-0.15, -0.1) is 0 Å². The molecule has 0 bridgehead atoms. The lowest BCUT2D eigenvalue weighted by molar-refractivity contribution is 0.0690. The monoisotopic (exact) mass is 298 g/mol. The van der Waals surface area contributed by atoms with E-state index in [2.05, 4.69) is 4.98 Å². The van der Waals surface area contributed by atoms with Crippen molar-refractivity contribution in [2.45, 2.75) is 38.1 Å². The number of carbonyl (C=O) groups excluding carboxylic acids is 1. The van der Waals surface area contributed by atoms with Crippen molar-refractivity contribution in [1.29, 1.82) is 0 Å². The van der Waals surface area contributed by atoms with Crippen LogP contribution in [0.3, 0.4) is 0 Å². The molecule has 1 aliphatic carbocycles. The van der Waals surface area contributed by atoms with Crippen molar-refractivity contribution < 1.29 is 4.79 Å². The molecule has 1 amide bonds. The quantitative estimate of drug-likeness (QED) is 0.739. The number of likely N-dealkylation sites (tertiary alicyclic amines) is 1. The average Bonchev–Trinajstić information content (AvgIpc) is 2.84. The third-order valence-corrected chi connectivity index (χ3v) is 4.83. The highest BCUT2D eigenvalue weighted by molar-refractivity contribution is 6.35. The number of amides is 1. The standard InChI is InChI=1S/C14H16Cl2N2O/c15-11-8-17-13(16)7-10(11)14(19)18-6-5-9-3-1-2-4-12(9)18/h7-9,12H,1-6H2. The van der Waals surface area contributed by atoms with Crippen molar-refractivity contribution in [2.75, 3.05) is 6.54 Å². The molecule has 0 spiro atoms. The van der Waals surface area contributed by atoms with Crippen LogP contribution in [-0.4, -0.2) is 28.4 Å². The molecule has 1 aliphatic heterocycles. The summed E-state index contributed by atoms with van der Waals surface area (Å²) in [6.07, 6.45) is 7.45. The molecule has 2 aliphatic rings. The minimum Gasteiger partial charge on any atom is -0.335 e. The SMILES string of the molecule is O=C(c1cc(Cl)ncc1Cl)N1CCC2CCCCC21. The first-order valence-electron chi connectivity index (χ1n) is 6.79. The number of hydrogen-bond donors (Lipinski definition) is 0. The van der Waals surface area contributed by atoms with Gasteiger partial charge in [-0.3, -0.25) is 4.79 Å². The normalized spacial score (nSPS) is 26.3. The highest BCUT2D eigenvalue weighted by atomic mass is 35.5. The lowest BCUT2D eigenvalue weighted by Gasteiger charge is -2.31. The maximum absolute atomic E-state index is 12.6. The van der Waals surface area contributed by atoms with Gasteiger partial charge in [0.05, 0.1) is 10.6 Å². The van der Waals surface area contributed by atoms with E-state index >= 15 is 0 Å². The van der Waals surface area contributed by atoms with E-state index in [1.807, 2.05) is 4.90 Å². The Hall–Kier alpha value is -0.800. The van der Waals surface area contributed by atoms with Crippen LogP contribution in [0.2, 0.25) is 10.2 Å². The molecule has 3 rings (SSSR count). The molecule has 1 saturated carbocycles. The van der Waals surface area contributed by atoms with Gasteiger partial charge in [0.2, 0.25) is 0 Å². The highest BCUT2D eigenvalue weighted by Crippen LogP contribution is 2.37. The Bertz CT molecular complexity index is 506. The number of fused-ring (bicyclic) bond motifs is 1. The first-order chi connectivity index (χ1) is 9.16. The number of carbonyl (C=O) groups is 1. The number of aromatic nitrogens is 1. The zero-order valence-electron chi connectivity index (χ0n) is 10.6. The minimum absolute atomic E-state index is 0.00343. The van der Waals surface area contributed by atoms with Crippen LogP contribution in [0.15, 0.2) is 12.3 Å². The summed E-state index contributed by atoms with van der Waals surface area (Å²) in [6.45, 7) is 0.838. The van der Waals surface area contributed by atoms with Gasteiger partial charge in [-0.1, -0.05) is 36.0 Å². The molecule has 0 aromatic carbocycles. The van der Waals surface area contributed by atoms with Crippen molar-refractivity contribution in [1.82, 2.24) is 9.88 Å². The van der Waals surface area contributed by atoms with Gasteiger partial charge in [0.1, 0.15) is 5.15 Å². The zero-order chi connectivity index (χ0) is 13.4. The molecule has 2 atom stereocenters. The third-order valence-electron chi connectivity index (χ3n) is 4.32. The molecule has 3 nitrogen and oxygen atoms in total. The Labute approximate surface area is 122 Å². The minimum atomic E-state index is 0.00343. The van der Waals surface area contributed by atoms with Crippen molar-refractivity contribution in [3.05, 3.63) is 28.0 Å². The van der Waals surface area contributed by atoms with E-state index in [9.17, 15) is 4.79 Å². The summed E-state index contributed by atoms with van der Waals surface area (Å²) >= 11 is 11.9. The molecule has 0 radical (unpaired) electrons. The van der Waals surface area contributed by atoms with Crippen molar-refractivity contribution in [3.63, 3.8) is 0 Å². The van der Waals surface area contributed by atoms with Crippen molar-refractivity contribution in [3.8, 4) is 0 Å². The highest BCUT2D eigenvalue weighted by Gasteiger charge is 2.38. The van der Waals surface area contributed by atoms with Gasteiger partial charge in [0.25, 0.3) is 5.91 Å². The fourth-order valence-electron chi connectivity index (χ4n) is 3.39. The van der Waals surface area contributed by atoms with Crippen molar-refractivity contribution >= 4 is 29.1 Å². The summed E-state index contributed by atoms with van der Waals surface area (Å²) in [5.74, 6) is 0.678. The second kappa shape index (κ2) is 5.29. The fraction of sp³-hybridized carbons (Fsp3) is 0.571. The van der Waals surface area contributed by atoms with Crippen LogP contribution in [0.25, 0.3) is 0 Å².